The van der Waals surface area contributed by atoms with Crippen molar-refractivity contribution in [3.05, 3.63) is 35.9 Å². The van der Waals surface area contributed by atoms with Crippen LogP contribution in [-0.4, -0.2) is 17.0 Å². The van der Waals surface area contributed by atoms with Gasteiger partial charge in [0.1, 0.15) is 0 Å². The number of hydrogen-bond donors (Lipinski definition) is 2. The summed E-state index contributed by atoms with van der Waals surface area (Å²) < 4.78 is 0. The number of carboxylic acid groups (broad SMARTS) is 1. The highest BCUT2D eigenvalue weighted by atomic mass is 16.4. The molecule has 1 aromatic rings. The Morgan fingerprint density at radius 2 is 1.75 bits per heavy atom. The lowest BCUT2D eigenvalue weighted by molar-refractivity contribution is -0.149. The summed E-state index contributed by atoms with van der Waals surface area (Å²) in [7, 11) is 0. The molecule has 2 N–H and O–H groups in total. The van der Waals surface area contributed by atoms with Gasteiger partial charge >= 0.3 is 5.97 Å². The molecule has 0 radical (unpaired) electrons. The van der Waals surface area contributed by atoms with Crippen molar-refractivity contribution in [1.29, 1.82) is 0 Å². The van der Waals surface area contributed by atoms with Crippen molar-refractivity contribution in [1.82, 2.24) is 5.32 Å². The molecule has 0 aliphatic heterocycles. The summed E-state index contributed by atoms with van der Waals surface area (Å²) in [6.45, 7) is 7.47. The first-order chi connectivity index (χ1) is 9.35. The van der Waals surface area contributed by atoms with E-state index in [2.05, 4.69) is 5.32 Å². The molecule has 0 saturated carbocycles. The molecule has 0 aromatic heterocycles. The number of nitrogens with one attached hydrogen (secondary N) is 1. The number of carboxylic acids is 1. The van der Waals surface area contributed by atoms with Gasteiger partial charge in [0.2, 0.25) is 5.91 Å². The lowest BCUT2D eigenvalue weighted by Gasteiger charge is -2.31. The third-order valence-electron chi connectivity index (χ3n) is 3.91. The molecule has 1 rings (SSSR count). The van der Waals surface area contributed by atoms with E-state index in [1.54, 1.807) is 31.2 Å². The van der Waals surface area contributed by atoms with Crippen molar-refractivity contribution in [2.24, 2.45) is 11.8 Å². The Bertz CT molecular complexity index is 470. The molecule has 4 nitrogen and oxygen atoms in total. The molecule has 0 spiro atoms. The van der Waals surface area contributed by atoms with E-state index in [0.29, 0.717) is 12.0 Å². The Morgan fingerprint density at radius 1 is 1.20 bits per heavy atom. The van der Waals surface area contributed by atoms with E-state index in [1.807, 2.05) is 26.8 Å². The molecule has 0 bridgehead atoms. The average molecular weight is 277 g/mol. The molecule has 2 unspecified atom stereocenters. The van der Waals surface area contributed by atoms with Crippen LogP contribution in [0.15, 0.2) is 30.3 Å². The summed E-state index contributed by atoms with van der Waals surface area (Å²) in [5.74, 6) is -1.33. The van der Waals surface area contributed by atoms with Crippen LogP contribution in [0.25, 0.3) is 0 Å². The minimum Gasteiger partial charge on any atom is -0.479 e. The fourth-order valence-electron chi connectivity index (χ4n) is 2.04. The summed E-state index contributed by atoms with van der Waals surface area (Å²) in [5, 5.41) is 12.4. The van der Waals surface area contributed by atoms with Crippen LogP contribution in [0.5, 0.6) is 0 Å². The van der Waals surface area contributed by atoms with Crippen LogP contribution in [0.3, 0.4) is 0 Å². The van der Waals surface area contributed by atoms with Crippen molar-refractivity contribution in [2.75, 3.05) is 0 Å². The van der Waals surface area contributed by atoms with Gasteiger partial charge in [-0.3, -0.25) is 4.79 Å². The van der Waals surface area contributed by atoms with Gasteiger partial charge in [-0.15, -0.1) is 0 Å². The summed E-state index contributed by atoms with van der Waals surface area (Å²) in [4.78, 5) is 24.0. The van der Waals surface area contributed by atoms with E-state index in [-0.39, 0.29) is 17.7 Å². The fraction of sp³-hybridized carbons (Fsp3) is 0.500. The highest BCUT2D eigenvalue weighted by molar-refractivity contribution is 5.89. The highest BCUT2D eigenvalue weighted by Crippen LogP contribution is 2.26. The van der Waals surface area contributed by atoms with E-state index in [0.717, 1.165) is 0 Å². The normalized spacial score (nSPS) is 15.4. The standard InChI is InChI=1S/C16H23NO3/c1-5-16(15(19)20,13-9-7-6-8-10-13)17-14(18)12(4)11(2)3/h6-12H,5H2,1-4H3,(H,17,18)(H,19,20). The molecule has 0 fully saturated rings. The van der Waals surface area contributed by atoms with Crippen molar-refractivity contribution in [2.45, 2.75) is 39.7 Å². The van der Waals surface area contributed by atoms with Gasteiger partial charge in [-0.2, -0.15) is 0 Å². The molecule has 0 aliphatic rings. The van der Waals surface area contributed by atoms with Crippen LogP contribution in [0.2, 0.25) is 0 Å². The smallest absolute Gasteiger partial charge is 0.334 e. The van der Waals surface area contributed by atoms with Crippen LogP contribution >= 0.6 is 0 Å². The van der Waals surface area contributed by atoms with Gasteiger partial charge in [-0.05, 0) is 17.9 Å². The first-order valence-corrected chi connectivity index (χ1v) is 6.96. The molecule has 0 heterocycles. The second-order valence-electron chi connectivity index (χ2n) is 5.45. The van der Waals surface area contributed by atoms with E-state index in [4.69, 9.17) is 0 Å². The summed E-state index contributed by atoms with van der Waals surface area (Å²) in [6, 6.07) is 8.85. The van der Waals surface area contributed by atoms with E-state index in [1.165, 1.54) is 0 Å². The number of benzene rings is 1. The third kappa shape index (κ3) is 3.18. The Kier molecular flexibility index (Phi) is 5.31. The maximum absolute atomic E-state index is 12.3. The first-order valence-electron chi connectivity index (χ1n) is 6.96. The average Bonchev–Trinajstić information content (AvgIpc) is 2.44. The number of rotatable bonds is 6. The van der Waals surface area contributed by atoms with E-state index < -0.39 is 11.5 Å². The van der Waals surface area contributed by atoms with Crippen LogP contribution in [-0.2, 0) is 15.1 Å². The van der Waals surface area contributed by atoms with Gasteiger partial charge in [0.25, 0.3) is 0 Å². The predicted octanol–water partition coefficient (Wildman–Crippen LogP) is 2.78. The SMILES string of the molecule is CCC(NC(=O)C(C)C(C)C)(C(=O)O)c1ccccc1. The number of hydrogen-bond acceptors (Lipinski definition) is 2. The van der Waals surface area contributed by atoms with Gasteiger partial charge < -0.3 is 10.4 Å². The Hall–Kier alpha value is -1.84. The minimum absolute atomic E-state index is 0.161. The van der Waals surface area contributed by atoms with Gasteiger partial charge in [-0.25, -0.2) is 4.79 Å². The number of carbonyl (C=O) groups is 2. The van der Waals surface area contributed by atoms with Crippen LogP contribution in [0, 0.1) is 11.8 Å². The lowest BCUT2D eigenvalue weighted by atomic mass is 9.85. The summed E-state index contributed by atoms with van der Waals surface area (Å²) in [6.07, 6.45) is 0.295. The number of aliphatic carboxylic acids is 1. The Labute approximate surface area is 120 Å². The zero-order valence-corrected chi connectivity index (χ0v) is 12.5. The second-order valence-corrected chi connectivity index (χ2v) is 5.45. The summed E-state index contributed by atoms with van der Waals surface area (Å²) in [5.41, 5.74) is -0.763. The fourth-order valence-corrected chi connectivity index (χ4v) is 2.04. The van der Waals surface area contributed by atoms with Crippen LogP contribution in [0.1, 0.15) is 39.7 Å². The molecule has 0 saturated heterocycles. The third-order valence-corrected chi connectivity index (χ3v) is 3.91. The molecular formula is C16H23NO3. The molecule has 4 heteroatoms. The van der Waals surface area contributed by atoms with Gasteiger partial charge in [0.15, 0.2) is 5.54 Å². The minimum atomic E-state index is -1.36. The number of carbonyl (C=O) groups excluding carboxylic acids is 1. The van der Waals surface area contributed by atoms with Crippen LogP contribution in [0.4, 0.5) is 0 Å². The van der Waals surface area contributed by atoms with Gasteiger partial charge in [0.05, 0.1) is 0 Å². The quantitative estimate of drug-likeness (QED) is 0.840. The molecule has 20 heavy (non-hydrogen) atoms. The first kappa shape index (κ1) is 16.2. The molecule has 1 amide bonds. The van der Waals surface area contributed by atoms with E-state index in [9.17, 15) is 14.7 Å². The van der Waals surface area contributed by atoms with Crippen molar-refractivity contribution < 1.29 is 14.7 Å². The maximum atomic E-state index is 12.3. The van der Waals surface area contributed by atoms with Gasteiger partial charge in [-0.1, -0.05) is 58.0 Å². The number of amides is 1. The summed E-state index contributed by atoms with van der Waals surface area (Å²) >= 11 is 0. The topological polar surface area (TPSA) is 66.4 Å². The lowest BCUT2D eigenvalue weighted by Crippen LogP contribution is -2.53. The van der Waals surface area contributed by atoms with Gasteiger partial charge in [0, 0.05) is 5.92 Å². The molecule has 2 atom stereocenters. The monoisotopic (exact) mass is 277 g/mol. The second kappa shape index (κ2) is 6.55. The van der Waals surface area contributed by atoms with Crippen molar-refractivity contribution in [3.63, 3.8) is 0 Å². The predicted molar refractivity (Wildman–Crippen MR) is 78.2 cm³/mol. The zero-order chi connectivity index (χ0) is 15.3. The molecule has 0 aliphatic carbocycles. The van der Waals surface area contributed by atoms with Crippen molar-refractivity contribution >= 4 is 11.9 Å². The zero-order valence-electron chi connectivity index (χ0n) is 12.5. The molecular weight excluding hydrogens is 254 g/mol. The largest absolute Gasteiger partial charge is 0.479 e. The Morgan fingerprint density at radius 3 is 2.15 bits per heavy atom. The maximum Gasteiger partial charge on any atom is 0.334 e. The Balaban J connectivity index is 3.14. The molecule has 110 valence electrons. The van der Waals surface area contributed by atoms with Crippen molar-refractivity contribution in [3.8, 4) is 0 Å². The van der Waals surface area contributed by atoms with Crippen LogP contribution < -0.4 is 5.32 Å². The van der Waals surface area contributed by atoms with E-state index >= 15 is 0 Å². The molecule has 1 aromatic carbocycles. The highest BCUT2D eigenvalue weighted by Gasteiger charge is 2.41.